The van der Waals surface area contributed by atoms with E-state index >= 15 is 0 Å². The van der Waals surface area contributed by atoms with Crippen LogP contribution >= 0.6 is 11.6 Å². The third-order valence-corrected chi connectivity index (χ3v) is 2.91. The molecule has 0 saturated heterocycles. The van der Waals surface area contributed by atoms with E-state index in [0.29, 0.717) is 22.3 Å². The van der Waals surface area contributed by atoms with Gasteiger partial charge in [-0.3, -0.25) is 0 Å². The Labute approximate surface area is 115 Å². The number of nitrogens with two attached hydrogens (primary N) is 1. The lowest BCUT2D eigenvalue weighted by Crippen LogP contribution is -2.07. The highest BCUT2D eigenvalue weighted by atomic mass is 35.5. The van der Waals surface area contributed by atoms with Gasteiger partial charge >= 0.3 is 0 Å². The fourth-order valence-electron chi connectivity index (χ4n) is 1.80. The molecular weight excluding hydrogens is 267 g/mol. The molecule has 0 amide bonds. The van der Waals surface area contributed by atoms with Crippen LogP contribution in [0.1, 0.15) is 25.3 Å². The number of nitrogen functional groups attached to an aromatic ring is 1. The zero-order valence-corrected chi connectivity index (χ0v) is 11.4. The first-order chi connectivity index (χ1) is 8.99. The number of anilines is 3. The Balaban J connectivity index is 2.41. The molecule has 0 bridgehead atoms. The SMILES string of the molecule is CC(C)c1c(N)ncnc1Nc1ccc(Cl)cc1F. The molecule has 0 fully saturated rings. The third kappa shape index (κ3) is 2.93. The molecule has 0 aliphatic rings. The Morgan fingerprint density at radius 2 is 2.05 bits per heavy atom. The topological polar surface area (TPSA) is 63.8 Å². The summed E-state index contributed by atoms with van der Waals surface area (Å²) in [6.45, 7) is 3.94. The second-order valence-corrected chi connectivity index (χ2v) is 4.86. The third-order valence-electron chi connectivity index (χ3n) is 2.68. The van der Waals surface area contributed by atoms with Crippen LogP contribution < -0.4 is 11.1 Å². The normalized spacial score (nSPS) is 10.8. The first-order valence-corrected chi connectivity index (χ1v) is 6.19. The molecule has 0 atom stereocenters. The van der Waals surface area contributed by atoms with Crippen molar-refractivity contribution in [3.8, 4) is 0 Å². The van der Waals surface area contributed by atoms with E-state index in [0.717, 1.165) is 5.56 Å². The van der Waals surface area contributed by atoms with Gasteiger partial charge in [0.2, 0.25) is 0 Å². The van der Waals surface area contributed by atoms with E-state index in [2.05, 4.69) is 15.3 Å². The van der Waals surface area contributed by atoms with Gasteiger partial charge in [-0.25, -0.2) is 14.4 Å². The van der Waals surface area contributed by atoms with Gasteiger partial charge in [0.15, 0.2) is 0 Å². The Hall–Kier alpha value is -1.88. The quantitative estimate of drug-likeness (QED) is 0.899. The number of benzene rings is 1. The van der Waals surface area contributed by atoms with Crippen LogP contribution in [0.3, 0.4) is 0 Å². The molecule has 2 rings (SSSR count). The number of hydrogen-bond acceptors (Lipinski definition) is 4. The molecule has 19 heavy (non-hydrogen) atoms. The number of nitrogens with one attached hydrogen (secondary N) is 1. The Morgan fingerprint density at radius 3 is 2.68 bits per heavy atom. The summed E-state index contributed by atoms with van der Waals surface area (Å²) in [5.74, 6) is 0.573. The molecule has 0 aliphatic carbocycles. The predicted molar refractivity (Wildman–Crippen MR) is 75.2 cm³/mol. The summed E-state index contributed by atoms with van der Waals surface area (Å²) in [7, 11) is 0. The van der Waals surface area contributed by atoms with Crippen LogP contribution in [0.2, 0.25) is 5.02 Å². The summed E-state index contributed by atoms with van der Waals surface area (Å²) in [5.41, 5.74) is 6.89. The van der Waals surface area contributed by atoms with Crippen LogP contribution in [0.5, 0.6) is 0 Å². The van der Waals surface area contributed by atoms with Gasteiger partial charge in [-0.05, 0) is 24.1 Å². The van der Waals surface area contributed by atoms with Gasteiger partial charge in [0.1, 0.15) is 23.8 Å². The fourth-order valence-corrected chi connectivity index (χ4v) is 1.96. The number of aromatic nitrogens is 2. The van der Waals surface area contributed by atoms with Gasteiger partial charge in [0, 0.05) is 10.6 Å². The van der Waals surface area contributed by atoms with Crippen molar-refractivity contribution in [1.82, 2.24) is 9.97 Å². The highest BCUT2D eigenvalue weighted by molar-refractivity contribution is 6.30. The second-order valence-electron chi connectivity index (χ2n) is 4.43. The first kappa shape index (κ1) is 13.5. The van der Waals surface area contributed by atoms with Gasteiger partial charge in [0.25, 0.3) is 0 Å². The van der Waals surface area contributed by atoms with E-state index in [1.807, 2.05) is 13.8 Å². The minimum absolute atomic E-state index is 0.124. The molecule has 3 N–H and O–H groups in total. The summed E-state index contributed by atoms with van der Waals surface area (Å²) in [5, 5.41) is 3.27. The molecule has 1 aromatic carbocycles. The molecule has 100 valence electrons. The summed E-state index contributed by atoms with van der Waals surface area (Å²) in [4.78, 5) is 8.07. The van der Waals surface area contributed by atoms with Gasteiger partial charge in [-0.15, -0.1) is 0 Å². The average Bonchev–Trinajstić information content (AvgIpc) is 2.32. The maximum absolute atomic E-state index is 13.7. The largest absolute Gasteiger partial charge is 0.383 e. The zero-order valence-electron chi connectivity index (χ0n) is 10.6. The Morgan fingerprint density at radius 1 is 1.32 bits per heavy atom. The van der Waals surface area contributed by atoms with E-state index in [4.69, 9.17) is 17.3 Å². The van der Waals surface area contributed by atoms with Gasteiger partial charge in [-0.1, -0.05) is 25.4 Å². The number of rotatable bonds is 3. The maximum atomic E-state index is 13.7. The maximum Gasteiger partial charge on any atom is 0.148 e. The van der Waals surface area contributed by atoms with E-state index in [-0.39, 0.29) is 5.92 Å². The lowest BCUT2D eigenvalue weighted by Gasteiger charge is -2.15. The van der Waals surface area contributed by atoms with Crippen LogP contribution in [-0.2, 0) is 0 Å². The lowest BCUT2D eigenvalue weighted by molar-refractivity contribution is 0.631. The Kier molecular flexibility index (Phi) is 3.85. The summed E-state index contributed by atoms with van der Waals surface area (Å²) < 4.78 is 13.7. The molecule has 0 radical (unpaired) electrons. The van der Waals surface area contributed by atoms with Crippen molar-refractivity contribution >= 4 is 28.9 Å². The van der Waals surface area contributed by atoms with Crippen molar-refractivity contribution in [2.75, 3.05) is 11.1 Å². The van der Waals surface area contributed by atoms with Crippen molar-refractivity contribution < 1.29 is 4.39 Å². The van der Waals surface area contributed by atoms with Crippen LogP contribution in [0.4, 0.5) is 21.7 Å². The lowest BCUT2D eigenvalue weighted by atomic mass is 10.0. The molecule has 2 aromatic rings. The van der Waals surface area contributed by atoms with E-state index in [1.54, 1.807) is 12.1 Å². The van der Waals surface area contributed by atoms with Crippen LogP contribution in [0.25, 0.3) is 0 Å². The fraction of sp³-hybridized carbons (Fsp3) is 0.231. The molecular formula is C13H14ClFN4. The van der Waals surface area contributed by atoms with Crippen LogP contribution in [-0.4, -0.2) is 9.97 Å². The summed E-state index contributed by atoms with van der Waals surface area (Å²) in [6.07, 6.45) is 1.34. The van der Waals surface area contributed by atoms with Crippen molar-refractivity contribution in [2.24, 2.45) is 0 Å². The molecule has 0 aliphatic heterocycles. The van der Waals surface area contributed by atoms with Gasteiger partial charge < -0.3 is 11.1 Å². The van der Waals surface area contributed by atoms with Crippen molar-refractivity contribution in [3.63, 3.8) is 0 Å². The van der Waals surface area contributed by atoms with Gasteiger partial charge in [-0.2, -0.15) is 0 Å². The first-order valence-electron chi connectivity index (χ1n) is 5.81. The second kappa shape index (κ2) is 5.40. The minimum atomic E-state index is -0.445. The van der Waals surface area contributed by atoms with E-state index < -0.39 is 5.82 Å². The predicted octanol–water partition coefficient (Wildman–Crippen LogP) is 3.72. The number of halogens is 2. The minimum Gasteiger partial charge on any atom is -0.383 e. The number of nitrogens with zero attached hydrogens (tertiary/aromatic N) is 2. The standard InChI is InChI=1S/C13H14ClFN4/c1-7(2)11-12(16)17-6-18-13(11)19-10-4-3-8(14)5-9(10)15/h3-7H,1-2H3,(H3,16,17,18,19). The van der Waals surface area contributed by atoms with Crippen LogP contribution in [0.15, 0.2) is 24.5 Å². The summed E-state index contributed by atoms with van der Waals surface area (Å²) in [6, 6.07) is 4.40. The molecule has 1 aromatic heterocycles. The highest BCUT2D eigenvalue weighted by Gasteiger charge is 2.14. The zero-order chi connectivity index (χ0) is 14.0. The molecule has 1 heterocycles. The molecule has 4 nitrogen and oxygen atoms in total. The smallest absolute Gasteiger partial charge is 0.148 e. The van der Waals surface area contributed by atoms with E-state index in [9.17, 15) is 4.39 Å². The number of hydrogen-bond donors (Lipinski definition) is 2. The Bertz CT molecular complexity index is 601. The molecule has 0 spiro atoms. The van der Waals surface area contributed by atoms with Crippen molar-refractivity contribution in [3.05, 3.63) is 40.9 Å². The molecule has 0 saturated carbocycles. The van der Waals surface area contributed by atoms with Gasteiger partial charge in [0.05, 0.1) is 5.69 Å². The monoisotopic (exact) mass is 280 g/mol. The summed E-state index contributed by atoms with van der Waals surface area (Å²) >= 11 is 5.71. The average molecular weight is 281 g/mol. The molecule has 6 heteroatoms. The van der Waals surface area contributed by atoms with Crippen molar-refractivity contribution in [2.45, 2.75) is 19.8 Å². The van der Waals surface area contributed by atoms with Crippen molar-refractivity contribution in [1.29, 1.82) is 0 Å². The van der Waals surface area contributed by atoms with Crippen LogP contribution in [0, 0.1) is 5.82 Å². The molecule has 0 unspecified atom stereocenters. The van der Waals surface area contributed by atoms with E-state index in [1.165, 1.54) is 12.4 Å². The highest BCUT2D eigenvalue weighted by Crippen LogP contribution is 2.30.